The second-order valence-electron chi connectivity index (χ2n) is 4.00. The third kappa shape index (κ3) is 3.06. The van der Waals surface area contributed by atoms with Crippen LogP contribution < -0.4 is 0 Å². The van der Waals surface area contributed by atoms with Crippen LogP contribution in [0.1, 0.15) is 22.4 Å². The smallest absolute Gasteiger partial charge is 0.113 e. The van der Waals surface area contributed by atoms with Crippen LogP contribution in [-0.4, -0.2) is 9.97 Å². The van der Waals surface area contributed by atoms with Gasteiger partial charge < -0.3 is 0 Å². The molecule has 2 heterocycles. The molecule has 0 radical (unpaired) electrons. The molecule has 2 aromatic heterocycles. The van der Waals surface area contributed by atoms with Gasteiger partial charge in [-0.05, 0) is 63.4 Å². The van der Waals surface area contributed by atoms with Gasteiger partial charge in [-0.3, -0.25) is 0 Å². The van der Waals surface area contributed by atoms with Crippen molar-refractivity contribution in [2.75, 3.05) is 0 Å². The molecule has 0 unspecified atom stereocenters. The lowest BCUT2D eigenvalue weighted by Gasteiger charge is -2.05. The Labute approximate surface area is 123 Å². The quantitative estimate of drug-likeness (QED) is 0.713. The van der Waals surface area contributed by atoms with Gasteiger partial charge in [0, 0.05) is 23.0 Å². The maximum Gasteiger partial charge on any atom is 0.113 e. The van der Waals surface area contributed by atoms with Crippen molar-refractivity contribution in [2.45, 2.75) is 13.8 Å². The van der Waals surface area contributed by atoms with Crippen LogP contribution in [0.2, 0.25) is 0 Å². The minimum Gasteiger partial charge on any atom is -0.249 e. The van der Waals surface area contributed by atoms with Gasteiger partial charge >= 0.3 is 0 Å². The maximum absolute atomic E-state index is 4.41. The maximum atomic E-state index is 4.41. The fourth-order valence-electron chi connectivity index (χ4n) is 1.70. The fraction of sp³-hybridized carbons (Fsp3) is 0.143. The summed E-state index contributed by atoms with van der Waals surface area (Å²) in [5.41, 5.74) is 4.35. The van der Waals surface area contributed by atoms with Gasteiger partial charge in [-0.25, -0.2) is 9.97 Å². The van der Waals surface area contributed by atoms with E-state index in [4.69, 9.17) is 0 Å². The molecule has 0 N–H and O–H groups in total. The van der Waals surface area contributed by atoms with Crippen molar-refractivity contribution in [3.05, 3.63) is 56.0 Å². The van der Waals surface area contributed by atoms with E-state index in [0.717, 1.165) is 26.0 Å². The summed E-state index contributed by atoms with van der Waals surface area (Å²) >= 11 is 6.93. The number of hydrogen-bond donors (Lipinski definition) is 0. The first-order chi connectivity index (χ1) is 8.58. The molecule has 0 fully saturated rings. The summed E-state index contributed by atoms with van der Waals surface area (Å²) in [6, 6.07) is 6.00. The fourth-order valence-corrected chi connectivity index (χ4v) is 2.80. The third-order valence-corrected chi connectivity index (χ3v) is 3.83. The number of aryl methyl sites for hydroxylation is 2. The molecule has 92 valence electrons. The summed E-state index contributed by atoms with van der Waals surface area (Å²) in [5.74, 6) is 0. The van der Waals surface area contributed by atoms with Crippen molar-refractivity contribution in [2.24, 2.45) is 0 Å². The molecule has 2 aromatic rings. The van der Waals surface area contributed by atoms with Crippen LogP contribution in [0, 0.1) is 13.8 Å². The Balaban J connectivity index is 2.38. The highest BCUT2D eigenvalue weighted by Crippen LogP contribution is 2.23. The van der Waals surface area contributed by atoms with Gasteiger partial charge in [0.1, 0.15) is 9.21 Å². The summed E-state index contributed by atoms with van der Waals surface area (Å²) < 4.78 is 1.71. The monoisotopic (exact) mass is 366 g/mol. The van der Waals surface area contributed by atoms with Crippen molar-refractivity contribution >= 4 is 44.0 Å². The van der Waals surface area contributed by atoms with Gasteiger partial charge in [-0.2, -0.15) is 0 Å². The zero-order chi connectivity index (χ0) is 13.1. The molecule has 0 saturated carbocycles. The Morgan fingerprint density at radius 1 is 1.11 bits per heavy atom. The minimum atomic E-state index is 0.843. The van der Waals surface area contributed by atoms with Crippen LogP contribution in [-0.2, 0) is 0 Å². The van der Waals surface area contributed by atoms with Gasteiger partial charge in [0.15, 0.2) is 0 Å². The molecule has 2 rings (SSSR count). The summed E-state index contributed by atoms with van der Waals surface area (Å²) in [6.45, 7) is 4.07. The van der Waals surface area contributed by atoms with Gasteiger partial charge in [0.25, 0.3) is 0 Å². The number of rotatable bonds is 2. The molecule has 0 aliphatic rings. The molecule has 0 aromatic carbocycles. The van der Waals surface area contributed by atoms with Crippen molar-refractivity contribution in [3.63, 3.8) is 0 Å². The van der Waals surface area contributed by atoms with Crippen molar-refractivity contribution in [1.82, 2.24) is 9.97 Å². The van der Waals surface area contributed by atoms with Crippen LogP contribution in [0.5, 0.6) is 0 Å². The average molecular weight is 368 g/mol. The number of hydrogen-bond acceptors (Lipinski definition) is 2. The topological polar surface area (TPSA) is 25.8 Å². The zero-order valence-electron chi connectivity index (χ0n) is 10.1. The Kier molecular flexibility index (Phi) is 4.30. The first kappa shape index (κ1) is 13.4. The molecule has 0 amide bonds. The van der Waals surface area contributed by atoms with E-state index in [1.54, 1.807) is 6.20 Å². The molecule has 0 spiro atoms. The normalized spacial score (nSPS) is 11.1. The molecule has 0 aliphatic carbocycles. The Morgan fingerprint density at radius 2 is 1.89 bits per heavy atom. The molecule has 2 nitrogen and oxygen atoms in total. The summed E-state index contributed by atoms with van der Waals surface area (Å²) in [5, 5.41) is 0. The van der Waals surface area contributed by atoms with E-state index in [0.29, 0.717) is 0 Å². The molecule has 0 saturated heterocycles. The van der Waals surface area contributed by atoms with Gasteiger partial charge in [-0.1, -0.05) is 18.2 Å². The zero-order valence-corrected chi connectivity index (χ0v) is 13.3. The summed E-state index contributed by atoms with van der Waals surface area (Å²) in [4.78, 5) is 8.60. The molecule has 0 aliphatic heterocycles. The molecular weight excluding hydrogens is 356 g/mol. The lowest BCUT2D eigenvalue weighted by atomic mass is 10.1. The molecular formula is C14H12Br2N2. The number of halogens is 2. The van der Waals surface area contributed by atoms with Crippen molar-refractivity contribution in [1.29, 1.82) is 0 Å². The third-order valence-electron chi connectivity index (χ3n) is 2.56. The highest BCUT2D eigenvalue weighted by molar-refractivity contribution is 9.10. The molecule has 0 bridgehead atoms. The van der Waals surface area contributed by atoms with Crippen LogP contribution in [0.4, 0.5) is 0 Å². The summed E-state index contributed by atoms with van der Waals surface area (Å²) in [7, 11) is 0. The summed E-state index contributed by atoms with van der Waals surface area (Å²) in [6.07, 6.45) is 5.84. The van der Waals surface area contributed by atoms with Crippen LogP contribution in [0.3, 0.4) is 0 Å². The minimum absolute atomic E-state index is 0.843. The highest BCUT2D eigenvalue weighted by Gasteiger charge is 2.03. The number of nitrogens with zero attached hydrogens (tertiary/aromatic N) is 2. The van der Waals surface area contributed by atoms with Crippen LogP contribution in [0.25, 0.3) is 12.2 Å². The highest BCUT2D eigenvalue weighted by atomic mass is 79.9. The van der Waals surface area contributed by atoms with E-state index >= 15 is 0 Å². The van der Waals surface area contributed by atoms with Gasteiger partial charge in [-0.15, -0.1) is 0 Å². The van der Waals surface area contributed by atoms with E-state index in [2.05, 4.69) is 54.8 Å². The largest absolute Gasteiger partial charge is 0.249 e. The molecule has 18 heavy (non-hydrogen) atoms. The standard InChI is InChI=1S/C14H12Br2N2/c1-9-8-10(2)18-14(16)12(9)6-5-11-4-3-7-17-13(11)15/h3-8H,1-2H3/b6-5-. The van der Waals surface area contributed by atoms with Crippen molar-refractivity contribution in [3.8, 4) is 0 Å². The predicted molar refractivity (Wildman–Crippen MR) is 82.3 cm³/mol. The van der Waals surface area contributed by atoms with E-state index in [1.807, 2.05) is 31.2 Å². The van der Waals surface area contributed by atoms with E-state index in [-0.39, 0.29) is 0 Å². The Bertz CT molecular complexity index is 583. The number of pyridine rings is 2. The second-order valence-corrected chi connectivity index (χ2v) is 5.50. The SMILES string of the molecule is Cc1cc(C)c(/C=C\c2cccnc2Br)c(Br)n1. The molecule has 4 heteroatoms. The lowest BCUT2D eigenvalue weighted by molar-refractivity contribution is 1.13. The average Bonchev–Trinajstić information content (AvgIpc) is 2.30. The molecule has 0 atom stereocenters. The Morgan fingerprint density at radius 3 is 2.56 bits per heavy atom. The van der Waals surface area contributed by atoms with E-state index in [9.17, 15) is 0 Å². The first-order valence-corrected chi connectivity index (χ1v) is 7.09. The van der Waals surface area contributed by atoms with Crippen LogP contribution >= 0.6 is 31.9 Å². The lowest BCUT2D eigenvalue weighted by Crippen LogP contribution is -1.90. The predicted octanol–water partition coefficient (Wildman–Crippen LogP) is 4.79. The second kappa shape index (κ2) is 5.76. The van der Waals surface area contributed by atoms with E-state index < -0.39 is 0 Å². The van der Waals surface area contributed by atoms with Gasteiger partial charge in [0.05, 0.1) is 0 Å². The van der Waals surface area contributed by atoms with Crippen LogP contribution in [0.15, 0.2) is 33.6 Å². The first-order valence-electron chi connectivity index (χ1n) is 5.50. The Hall–Kier alpha value is -1.000. The van der Waals surface area contributed by atoms with Crippen molar-refractivity contribution < 1.29 is 0 Å². The van der Waals surface area contributed by atoms with Gasteiger partial charge in [0.2, 0.25) is 0 Å². The van der Waals surface area contributed by atoms with E-state index in [1.165, 1.54) is 5.56 Å². The number of aromatic nitrogens is 2.